The number of aryl methyl sites for hydroxylation is 3. The van der Waals surface area contributed by atoms with E-state index in [9.17, 15) is 0 Å². The summed E-state index contributed by atoms with van der Waals surface area (Å²) in [4.78, 5) is 11.7. The van der Waals surface area contributed by atoms with Gasteiger partial charge < -0.3 is 14.9 Å². The van der Waals surface area contributed by atoms with Crippen LogP contribution in [0, 0.1) is 6.92 Å². The van der Waals surface area contributed by atoms with Crippen LogP contribution in [0.2, 0.25) is 0 Å². The molecule has 3 aromatic heterocycles. The molecular formula is C22H23N5O2S2. The summed E-state index contributed by atoms with van der Waals surface area (Å²) in [5, 5.41) is 9.67. The van der Waals surface area contributed by atoms with Crippen molar-refractivity contribution in [2.75, 3.05) is 5.73 Å². The Hall–Kier alpha value is -2.65. The van der Waals surface area contributed by atoms with Crippen molar-refractivity contribution in [1.82, 2.24) is 20.2 Å². The van der Waals surface area contributed by atoms with Crippen LogP contribution in [-0.4, -0.2) is 20.2 Å². The lowest BCUT2D eigenvalue weighted by Gasteiger charge is -2.04. The second-order valence-electron chi connectivity index (χ2n) is 7.62. The molecule has 4 aromatic rings. The standard InChI is InChI=1S/C22H23N5O2S2/c1-13-7-9-14(10-8-13)28-11-18-26-27-22(29-18)30-12-17-24-20(23)19-15-5-3-2-4-6-16(15)31-21(19)25-17/h7-10H,2-6,11-12H2,1H3,(H2,23,24,25). The fourth-order valence-corrected chi connectivity index (χ4v) is 5.66. The average Bonchev–Trinajstić information content (AvgIpc) is 3.29. The topological polar surface area (TPSA) is 100.0 Å². The van der Waals surface area contributed by atoms with E-state index in [0.717, 1.165) is 28.8 Å². The van der Waals surface area contributed by atoms with Gasteiger partial charge in [-0.05, 0) is 50.3 Å². The number of thioether (sulfide) groups is 1. The molecule has 9 heteroatoms. The lowest BCUT2D eigenvalue weighted by Crippen LogP contribution is -2.00. The van der Waals surface area contributed by atoms with Gasteiger partial charge in [0.2, 0.25) is 0 Å². The fourth-order valence-electron chi connectivity index (χ4n) is 3.73. The molecule has 2 N–H and O–H groups in total. The zero-order valence-corrected chi connectivity index (χ0v) is 18.9. The van der Waals surface area contributed by atoms with Crippen molar-refractivity contribution in [3.63, 3.8) is 0 Å². The number of anilines is 1. The number of rotatable bonds is 6. The molecular weight excluding hydrogens is 430 g/mol. The molecule has 0 fully saturated rings. The summed E-state index contributed by atoms with van der Waals surface area (Å²) < 4.78 is 11.4. The predicted octanol–water partition coefficient (Wildman–Crippen LogP) is 5.11. The van der Waals surface area contributed by atoms with Crippen molar-refractivity contribution in [3.8, 4) is 5.75 Å². The monoisotopic (exact) mass is 453 g/mol. The highest BCUT2D eigenvalue weighted by Gasteiger charge is 2.19. The zero-order valence-electron chi connectivity index (χ0n) is 17.3. The predicted molar refractivity (Wildman–Crippen MR) is 122 cm³/mol. The van der Waals surface area contributed by atoms with Gasteiger partial charge in [-0.25, -0.2) is 9.97 Å². The summed E-state index contributed by atoms with van der Waals surface area (Å²) >= 11 is 3.17. The molecule has 0 radical (unpaired) electrons. The van der Waals surface area contributed by atoms with Gasteiger partial charge in [-0.3, -0.25) is 0 Å². The third-order valence-electron chi connectivity index (χ3n) is 5.30. The molecule has 3 heterocycles. The molecule has 1 aliphatic carbocycles. The highest BCUT2D eigenvalue weighted by molar-refractivity contribution is 7.98. The van der Waals surface area contributed by atoms with Gasteiger partial charge in [0.05, 0.1) is 11.1 Å². The van der Waals surface area contributed by atoms with Gasteiger partial charge in [-0.2, -0.15) is 0 Å². The van der Waals surface area contributed by atoms with E-state index in [1.165, 1.54) is 47.0 Å². The molecule has 0 spiro atoms. The van der Waals surface area contributed by atoms with Gasteiger partial charge in [0.25, 0.3) is 11.1 Å². The van der Waals surface area contributed by atoms with Crippen LogP contribution < -0.4 is 10.5 Å². The molecule has 0 bridgehead atoms. The first-order valence-corrected chi connectivity index (χ1v) is 12.2. The lowest BCUT2D eigenvalue weighted by atomic mass is 10.1. The maximum Gasteiger partial charge on any atom is 0.277 e. The molecule has 0 amide bonds. The van der Waals surface area contributed by atoms with Crippen LogP contribution in [0.15, 0.2) is 33.9 Å². The second kappa shape index (κ2) is 8.84. The Balaban J connectivity index is 1.24. The minimum absolute atomic E-state index is 0.229. The van der Waals surface area contributed by atoms with Gasteiger partial charge in [0.1, 0.15) is 22.2 Å². The Morgan fingerprint density at radius 3 is 2.81 bits per heavy atom. The van der Waals surface area contributed by atoms with Crippen LogP contribution in [-0.2, 0) is 25.2 Å². The highest BCUT2D eigenvalue weighted by atomic mass is 32.2. The third kappa shape index (κ3) is 4.52. The average molecular weight is 454 g/mol. The SMILES string of the molecule is Cc1ccc(OCc2nnc(SCc3nc(N)c4c5c(sc4n3)CCCCC5)o2)cc1. The molecule has 0 unspecified atom stereocenters. The quantitative estimate of drug-likeness (QED) is 0.318. The minimum Gasteiger partial charge on any atom is -0.484 e. The molecule has 7 nitrogen and oxygen atoms in total. The molecule has 160 valence electrons. The summed E-state index contributed by atoms with van der Waals surface area (Å²) in [6.45, 7) is 2.26. The molecule has 31 heavy (non-hydrogen) atoms. The highest BCUT2D eigenvalue weighted by Crippen LogP contribution is 2.37. The molecule has 0 aliphatic heterocycles. The Kier molecular flexibility index (Phi) is 5.78. The van der Waals surface area contributed by atoms with Crippen LogP contribution in [0.1, 0.15) is 47.0 Å². The van der Waals surface area contributed by atoms with Crippen LogP contribution in [0.4, 0.5) is 5.82 Å². The van der Waals surface area contributed by atoms with E-state index in [2.05, 4.69) is 15.2 Å². The first-order valence-electron chi connectivity index (χ1n) is 10.4. The van der Waals surface area contributed by atoms with E-state index in [4.69, 9.17) is 19.9 Å². The lowest BCUT2D eigenvalue weighted by molar-refractivity contribution is 0.252. The number of nitrogens with two attached hydrogens (primary N) is 1. The molecule has 0 saturated carbocycles. The van der Waals surface area contributed by atoms with Gasteiger partial charge in [0, 0.05) is 4.88 Å². The van der Waals surface area contributed by atoms with E-state index >= 15 is 0 Å². The van der Waals surface area contributed by atoms with Gasteiger partial charge in [0.15, 0.2) is 6.61 Å². The van der Waals surface area contributed by atoms with Crippen LogP contribution in [0.5, 0.6) is 5.75 Å². The van der Waals surface area contributed by atoms with E-state index in [0.29, 0.717) is 28.5 Å². The van der Waals surface area contributed by atoms with Gasteiger partial charge in [-0.15, -0.1) is 21.5 Å². The number of hydrogen-bond donors (Lipinski definition) is 1. The Bertz CT molecular complexity index is 1200. The number of hydrogen-bond acceptors (Lipinski definition) is 9. The summed E-state index contributed by atoms with van der Waals surface area (Å²) in [6.07, 6.45) is 5.92. The minimum atomic E-state index is 0.229. The van der Waals surface area contributed by atoms with Crippen molar-refractivity contribution in [3.05, 3.63) is 52.0 Å². The maximum atomic E-state index is 6.33. The zero-order chi connectivity index (χ0) is 21.2. The molecule has 1 aliphatic rings. The fraction of sp³-hybridized carbons (Fsp3) is 0.364. The van der Waals surface area contributed by atoms with Crippen molar-refractivity contribution in [2.45, 2.75) is 56.6 Å². The summed E-state index contributed by atoms with van der Waals surface area (Å²) in [7, 11) is 0. The molecule has 0 atom stereocenters. The Morgan fingerprint density at radius 1 is 1.10 bits per heavy atom. The number of nitrogens with zero attached hydrogens (tertiary/aromatic N) is 4. The van der Waals surface area contributed by atoms with Gasteiger partial charge >= 0.3 is 0 Å². The van der Waals surface area contributed by atoms with Crippen molar-refractivity contribution >= 4 is 39.1 Å². The summed E-state index contributed by atoms with van der Waals surface area (Å²) in [5.74, 6) is 2.98. The van der Waals surface area contributed by atoms with Crippen LogP contribution >= 0.6 is 23.1 Å². The number of ether oxygens (including phenoxy) is 1. The smallest absolute Gasteiger partial charge is 0.277 e. The van der Waals surface area contributed by atoms with Crippen LogP contribution in [0.25, 0.3) is 10.2 Å². The van der Waals surface area contributed by atoms with Crippen molar-refractivity contribution < 1.29 is 9.15 Å². The Morgan fingerprint density at radius 2 is 1.94 bits per heavy atom. The molecule has 5 rings (SSSR count). The van der Waals surface area contributed by atoms with Gasteiger partial charge in [-0.1, -0.05) is 35.9 Å². The first kappa shape index (κ1) is 20.3. The third-order valence-corrected chi connectivity index (χ3v) is 7.30. The number of aromatic nitrogens is 4. The molecule has 1 aromatic carbocycles. The van der Waals surface area contributed by atoms with E-state index < -0.39 is 0 Å². The van der Waals surface area contributed by atoms with E-state index in [-0.39, 0.29) is 6.61 Å². The second-order valence-corrected chi connectivity index (χ2v) is 9.63. The van der Waals surface area contributed by atoms with E-state index in [1.54, 1.807) is 11.3 Å². The van der Waals surface area contributed by atoms with Crippen LogP contribution in [0.3, 0.4) is 0 Å². The summed E-state index contributed by atoms with van der Waals surface area (Å²) in [5.41, 5.74) is 8.88. The van der Waals surface area contributed by atoms with E-state index in [1.807, 2.05) is 31.2 Å². The van der Waals surface area contributed by atoms with Crippen molar-refractivity contribution in [2.24, 2.45) is 0 Å². The van der Waals surface area contributed by atoms with Crippen molar-refractivity contribution in [1.29, 1.82) is 0 Å². The number of nitrogen functional groups attached to an aromatic ring is 1. The molecule has 0 saturated heterocycles. The normalized spacial score (nSPS) is 13.8. The maximum absolute atomic E-state index is 6.33. The number of thiophene rings is 1. The number of benzene rings is 1. The first-order chi connectivity index (χ1) is 15.2. The summed E-state index contributed by atoms with van der Waals surface area (Å²) in [6, 6.07) is 7.84. The number of fused-ring (bicyclic) bond motifs is 3. The Labute approximate surface area is 188 Å². The largest absolute Gasteiger partial charge is 0.484 e.